The van der Waals surface area contributed by atoms with Gasteiger partial charge in [-0.25, -0.2) is 9.59 Å². The largest absolute Gasteiger partial charge is 0.462 e. The van der Waals surface area contributed by atoms with Crippen molar-refractivity contribution in [1.82, 2.24) is 9.55 Å². The molecule has 3 rings (SSSR count). The van der Waals surface area contributed by atoms with E-state index in [1.807, 2.05) is 55.5 Å². The Hall–Kier alpha value is -3.08. The van der Waals surface area contributed by atoms with E-state index in [0.29, 0.717) is 13.0 Å². The van der Waals surface area contributed by atoms with Crippen molar-refractivity contribution < 1.29 is 9.53 Å². The number of hydrogen-bond donors (Lipinski definition) is 1. The van der Waals surface area contributed by atoms with Crippen molar-refractivity contribution in [1.29, 1.82) is 0 Å². The van der Waals surface area contributed by atoms with Gasteiger partial charge in [0.15, 0.2) is 0 Å². The fraction of sp³-hybridized carbons (Fsp3) is 0.200. The number of esters is 1. The van der Waals surface area contributed by atoms with E-state index in [4.69, 9.17) is 4.74 Å². The van der Waals surface area contributed by atoms with Crippen LogP contribution in [-0.4, -0.2) is 22.1 Å². The number of carbonyl (C=O) groups excluding carboxylic acids is 1. The zero-order valence-corrected chi connectivity index (χ0v) is 14.1. The number of benzene rings is 2. The van der Waals surface area contributed by atoms with Gasteiger partial charge in [-0.2, -0.15) is 0 Å². The van der Waals surface area contributed by atoms with Crippen molar-refractivity contribution in [2.24, 2.45) is 0 Å². The molecule has 1 N–H and O–H groups in total. The molecular formula is C20H20N2O3. The summed E-state index contributed by atoms with van der Waals surface area (Å²) in [6, 6.07) is 15.4. The molecule has 25 heavy (non-hydrogen) atoms. The number of hydrogen-bond acceptors (Lipinski definition) is 3. The fourth-order valence-corrected chi connectivity index (χ4v) is 2.61. The molecule has 0 spiro atoms. The monoisotopic (exact) mass is 336 g/mol. The van der Waals surface area contributed by atoms with E-state index in [1.165, 1.54) is 11.6 Å². The molecule has 0 bridgehead atoms. The summed E-state index contributed by atoms with van der Waals surface area (Å²) in [5, 5.41) is 0. The topological polar surface area (TPSA) is 64.1 Å². The van der Waals surface area contributed by atoms with Crippen molar-refractivity contribution in [3.8, 4) is 0 Å². The van der Waals surface area contributed by atoms with Crippen LogP contribution in [0.3, 0.4) is 0 Å². The minimum absolute atomic E-state index is 0.146. The predicted octanol–water partition coefficient (Wildman–Crippen LogP) is 3.28. The van der Waals surface area contributed by atoms with E-state index >= 15 is 0 Å². The minimum Gasteiger partial charge on any atom is -0.462 e. The summed E-state index contributed by atoms with van der Waals surface area (Å²) in [5.74, 6) is -0.383. The zero-order chi connectivity index (χ0) is 17.6. The SMILES string of the molecule is Cc1ccc(/C=C/C(=O)OCCCn2c(=O)[nH]c3ccccc32)cc1. The summed E-state index contributed by atoms with van der Waals surface area (Å²) in [7, 11) is 0. The second-order valence-corrected chi connectivity index (χ2v) is 5.86. The summed E-state index contributed by atoms with van der Waals surface area (Å²) >= 11 is 0. The molecule has 0 unspecified atom stereocenters. The molecule has 1 aromatic heterocycles. The first-order valence-corrected chi connectivity index (χ1v) is 8.22. The molecule has 0 aliphatic rings. The first-order valence-electron chi connectivity index (χ1n) is 8.22. The molecule has 0 aliphatic carbocycles. The maximum absolute atomic E-state index is 11.9. The van der Waals surface area contributed by atoms with Crippen LogP contribution in [0.1, 0.15) is 17.5 Å². The van der Waals surface area contributed by atoms with Crippen LogP contribution < -0.4 is 5.69 Å². The molecule has 0 atom stereocenters. The molecule has 5 heteroatoms. The Labute approximate surface area is 145 Å². The summed E-state index contributed by atoms with van der Waals surface area (Å²) < 4.78 is 6.84. The van der Waals surface area contributed by atoms with Crippen LogP contribution in [-0.2, 0) is 16.1 Å². The minimum atomic E-state index is -0.383. The Bertz CT molecular complexity index is 949. The number of rotatable bonds is 6. The van der Waals surface area contributed by atoms with Crippen molar-refractivity contribution in [3.63, 3.8) is 0 Å². The molecular weight excluding hydrogens is 316 g/mol. The van der Waals surface area contributed by atoms with E-state index < -0.39 is 0 Å². The second kappa shape index (κ2) is 7.66. The van der Waals surface area contributed by atoms with E-state index in [0.717, 1.165) is 16.6 Å². The quantitative estimate of drug-likeness (QED) is 0.427. The number of aromatic amines is 1. The van der Waals surface area contributed by atoms with Crippen LogP contribution in [0.2, 0.25) is 0 Å². The number of aryl methyl sites for hydroxylation is 2. The number of para-hydroxylation sites is 2. The number of nitrogens with zero attached hydrogens (tertiary/aromatic N) is 1. The Morgan fingerprint density at radius 1 is 1.16 bits per heavy atom. The van der Waals surface area contributed by atoms with Crippen molar-refractivity contribution in [3.05, 3.63) is 76.2 Å². The van der Waals surface area contributed by atoms with Gasteiger partial charge >= 0.3 is 11.7 Å². The van der Waals surface area contributed by atoms with Gasteiger partial charge in [0.25, 0.3) is 0 Å². The van der Waals surface area contributed by atoms with Crippen LogP contribution in [0.5, 0.6) is 0 Å². The van der Waals surface area contributed by atoms with Crippen LogP contribution in [0.4, 0.5) is 0 Å². The van der Waals surface area contributed by atoms with Crippen molar-refractivity contribution >= 4 is 23.1 Å². The molecule has 0 saturated carbocycles. The highest BCUT2D eigenvalue weighted by Crippen LogP contribution is 2.09. The van der Waals surface area contributed by atoms with Gasteiger partial charge in [-0.15, -0.1) is 0 Å². The summed E-state index contributed by atoms with van der Waals surface area (Å²) in [6.07, 6.45) is 3.72. The molecule has 5 nitrogen and oxygen atoms in total. The highest BCUT2D eigenvalue weighted by Gasteiger charge is 2.05. The van der Waals surface area contributed by atoms with Gasteiger partial charge in [0, 0.05) is 12.6 Å². The molecule has 0 amide bonds. The van der Waals surface area contributed by atoms with E-state index in [1.54, 1.807) is 10.6 Å². The smallest absolute Gasteiger partial charge is 0.330 e. The van der Waals surface area contributed by atoms with Crippen molar-refractivity contribution in [2.45, 2.75) is 19.9 Å². The molecule has 128 valence electrons. The molecule has 2 aromatic carbocycles. The summed E-state index contributed by atoms with van der Waals surface area (Å²) in [6.45, 7) is 2.78. The second-order valence-electron chi connectivity index (χ2n) is 5.86. The number of aromatic nitrogens is 2. The fourth-order valence-electron chi connectivity index (χ4n) is 2.61. The Balaban J connectivity index is 1.49. The number of carbonyl (C=O) groups is 1. The number of fused-ring (bicyclic) bond motifs is 1. The molecule has 0 aliphatic heterocycles. The third-order valence-electron chi connectivity index (χ3n) is 3.94. The first kappa shape index (κ1) is 16.8. The van der Waals surface area contributed by atoms with Crippen molar-refractivity contribution in [2.75, 3.05) is 6.61 Å². The lowest BCUT2D eigenvalue weighted by Crippen LogP contribution is -2.18. The summed E-state index contributed by atoms with van der Waals surface area (Å²) in [4.78, 5) is 26.5. The van der Waals surface area contributed by atoms with Crippen LogP contribution >= 0.6 is 0 Å². The number of nitrogens with one attached hydrogen (secondary N) is 1. The van der Waals surface area contributed by atoms with E-state index in [2.05, 4.69) is 4.98 Å². The standard InChI is InChI=1S/C20H20N2O3/c1-15-7-9-16(10-8-15)11-12-19(23)25-14-4-13-22-18-6-3-2-5-17(18)21-20(22)24/h2-3,5-12H,4,13-14H2,1H3,(H,21,24)/b12-11+. The van der Waals surface area contributed by atoms with Crippen LogP contribution in [0.25, 0.3) is 17.1 Å². The number of H-pyrrole nitrogens is 1. The Morgan fingerprint density at radius 2 is 1.92 bits per heavy atom. The highest BCUT2D eigenvalue weighted by molar-refractivity contribution is 5.87. The third-order valence-corrected chi connectivity index (χ3v) is 3.94. The van der Waals surface area contributed by atoms with Gasteiger partial charge in [-0.3, -0.25) is 4.57 Å². The van der Waals surface area contributed by atoms with Gasteiger partial charge in [-0.05, 0) is 37.1 Å². The maximum atomic E-state index is 11.9. The van der Waals surface area contributed by atoms with E-state index in [9.17, 15) is 9.59 Å². The zero-order valence-electron chi connectivity index (χ0n) is 14.1. The van der Waals surface area contributed by atoms with Gasteiger partial charge in [0.05, 0.1) is 17.6 Å². The van der Waals surface area contributed by atoms with Gasteiger partial charge in [-0.1, -0.05) is 42.0 Å². The predicted molar refractivity (Wildman–Crippen MR) is 98.3 cm³/mol. The lowest BCUT2D eigenvalue weighted by Gasteiger charge is -2.04. The molecule has 3 aromatic rings. The lowest BCUT2D eigenvalue weighted by molar-refractivity contribution is -0.137. The van der Waals surface area contributed by atoms with Gasteiger partial charge in [0.2, 0.25) is 0 Å². The molecule has 0 saturated heterocycles. The number of ether oxygens (including phenoxy) is 1. The number of imidazole rings is 1. The van der Waals surface area contributed by atoms with Crippen LogP contribution in [0.15, 0.2) is 59.4 Å². The first-order chi connectivity index (χ1) is 12.1. The highest BCUT2D eigenvalue weighted by atomic mass is 16.5. The maximum Gasteiger partial charge on any atom is 0.330 e. The summed E-state index contributed by atoms with van der Waals surface area (Å²) in [5.41, 5.74) is 3.65. The third kappa shape index (κ3) is 4.26. The average molecular weight is 336 g/mol. The normalized spacial score (nSPS) is 11.2. The lowest BCUT2D eigenvalue weighted by atomic mass is 10.1. The van der Waals surface area contributed by atoms with E-state index in [-0.39, 0.29) is 18.3 Å². The average Bonchev–Trinajstić information content (AvgIpc) is 2.93. The molecule has 0 fully saturated rings. The Kier molecular flexibility index (Phi) is 5.14. The molecule has 1 heterocycles. The Morgan fingerprint density at radius 3 is 2.72 bits per heavy atom. The van der Waals surface area contributed by atoms with Gasteiger partial charge in [0.1, 0.15) is 0 Å². The van der Waals surface area contributed by atoms with Gasteiger partial charge < -0.3 is 9.72 Å². The van der Waals surface area contributed by atoms with Crippen LogP contribution in [0, 0.1) is 6.92 Å². The molecule has 0 radical (unpaired) electrons.